The number of anilines is 3. The molecule has 8 N–H and O–H groups in total. The minimum Gasteiger partial charge on any atom is -0.377 e. The number of benzene rings is 2. The van der Waals surface area contributed by atoms with Crippen LogP contribution in [0.1, 0.15) is 103 Å². The van der Waals surface area contributed by atoms with Crippen molar-refractivity contribution in [3.05, 3.63) is 95.9 Å². The summed E-state index contributed by atoms with van der Waals surface area (Å²) in [6.45, 7) is 11.5. The number of unbranched alkanes of at least 4 members (excludes halogenated alkanes) is 5. The monoisotopic (exact) mass is 1320 g/mol. The van der Waals surface area contributed by atoms with Crippen LogP contribution >= 0.6 is 11.8 Å². The van der Waals surface area contributed by atoms with E-state index in [1.165, 1.54) is 0 Å². The molecule has 3 atom stereocenters. The van der Waals surface area contributed by atoms with E-state index in [-0.39, 0.29) is 47.7 Å². The normalized spacial score (nSPS) is 14.8. The number of thioether (sulfide) groups is 1. The first-order chi connectivity index (χ1) is 45.6. The summed E-state index contributed by atoms with van der Waals surface area (Å²) in [4.78, 5) is 87.0. The maximum absolute atomic E-state index is 13.1. The predicted molar refractivity (Wildman–Crippen MR) is 354 cm³/mol. The SMILES string of the molecule is Cc1ccc(NC(=O)c2ccc(C(=O)NCCOCCOCCOCCOCCOCCOCCOCCOCCOCCNC(=O)CCCCCNC(=O)CCCCCNC(=O)CCCC[C@H]3SC[C@H]4NC(=O)N[C@H]43)cc2)cc1Nc1nccc(-c2cccnc2)n1. The van der Waals surface area contributed by atoms with E-state index in [0.29, 0.717) is 192 Å². The number of fused-ring (bicyclic) bond motifs is 1. The molecule has 0 unspecified atom stereocenters. The molecule has 0 aliphatic carbocycles. The molecular weight excluding hydrogens is 1220 g/mol. The third-order valence-corrected chi connectivity index (χ3v) is 16.2. The van der Waals surface area contributed by atoms with E-state index in [1.807, 2.05) is 55.1 Å². The Kier molecular flexibility index (Phi) is 38.0. The number of nitrogens with zero attached hydrogens (tertiary/aromatic N) is 3. The summed E-state index contributed by atoms with van der Waals surface area (Å²) >= 11 is 1.90. The van der Waals surface area contributed by atoms with Crippen molar-refractivity contribution in [2.45, 2.75) is 101 Å². The molecule has 2 aromatic carbocycles. The number of carbonyl (C=O) groups is 6. The van der Waals surface area contributed by atoms with E-state index in [2.05, 4.69) is 57.5 Å². The van der Waals surface area contributed by atoms with E-state index < -0.39 is 0 Å². The lowest BCUT2D eigenvalue weighted by Gasteiger charge is -2.16. The molecule has 0 radical (unpaired) electrons. The van der Waals surface area contributed by atoms with Gasteiger partial charge in [-0.25, -0.2) is 14.8 Å². The Morgan fingerprint density at radius 1 is 0.527 bits per heavy atom. The second-order valence-electron chi connectivity index (χ2n) is 22.0. The van der Waals surface area contributed by atoms with Crippen LogP contribution in [0.15, 0.2) is 79.3 Å². The van der Waals surface area contributed by atoms with E-state index in [4.69, 9.17) is 42.6 Å². The molecule has 0 bridgehead atoms. The predicted octanol–water partition coefficient (Wildman–Crippen LogP) is 5.92. The molecule has 512 valence electrons. The molecule has 4 heterocycles. The second kappa shape index (κ2) is 47.0. The van der Waals surface area contributed by atoms with Gasteiger partial charge in [0.15, 0.2) is 0 Å². The third-order valence-electron chi connectivity index (χ3n) is 14.7. The zero-order chi connectivity index (χ0) is 65.6. The maximum atomic E-state index is 13.1. The number of rotatable bonds is 53. The van der Waals surface area contributed by atoms with Gasteiger partial charge in [-0.2, -0.15) is 11.8 Å². The number of urea groups is 1. The number of carbonyl (C=O) groups excluding carboxylic acids is 6. The van der Waals surface area contributed by atoms with Crippen LogP contribution in [-0.2, 0) is 57.0 Å². The highest BCUT2D eigenvalue weighted by atomic mass is 32.2. The van der Waals surface area contributed by atoms with Gasteiger partial charge in [0.2, 0.25) is 23.7 Å². The van der Waals surface area contributed by atoms with Crippen LogP contribution in [0.4, 0.5) is 22.1 Å². The fraction of sp³-hybridized carbons (Fsp3) is 0.591. The zero-order valence-electron chi connectivity index (χ0n) is 53.9. The van der Waals surface area contributed by atoms with Gasteiger partial charge in [0.1, 0.15) is 0 Å². The third kappa shape index (κ3) is 32.7. The average molecular weight is 1320 g/mol. The Bertz CT molecular complexity index is 2780. The van der Waals surface area contributed by atoms with Crippen LogP contribution in [0, 0.1) is 6.92 Å². The fourth-order valence-electron chi connectivity index (χ4n) is 9.66. The molecule has 7 amide bonds. The minimum absolute atomic E-state index is 0.0149. The molecule has 4 aromatic rings. The number of aryl methyl sites for hydroxylation is 1. The van der Waals surface area contributed by atoms with Crippen molar-refractivity contribution in [2.75, 3.05) is 161 Å². The van der Waals surface area contributed by atoms with Crippen molar-refractivity contribution in [2.24, 2.45) is 0 Å². The van der Waals surface area contributed by atoms with Gasteiger partial charge in [-0.3, -0.25) is 29.0 Å². The van der Waals surface area contributed by atoms with Gasteiger partial charge in [0, 0.05) is 103 Å². The molecule has 0 spiro atoms. The summed E-state index contributed by atoms with van der Waals surface area (Å²) < 4.78 is 49.9. The second-order valence-corrected chi connectivity index (χ2v) is 23.3. The van der Waals surface area contributed by atoms with Crippen molar-refractivity contribution in [3.8, 4) is 11.3 Å². The van der Waals surface area contributed by atoms with Gasteiger partial charge in [0.05, 0.1) is 137 Å². The molecule has 2 fully saturated rings. The molecule has 2 aliphatic rings. The highest BCUT2D eigenvalue weighted by Gasteiger charge is 2.42. The summed E-state index contributed by atoms with van der Waals surface area (Å²) in [6.07, 6.45) is 14.3. The van der Waals surface area contributed by atoms with Crippen molar-refractivity contribution >= 4 is 64.7 Å². The average Bonchev–Trinajstić information content (AvgIpc) is 2.10. The van der Waals surface area contributed by atoms with Crippen LogP contribution < -0.4 is 42.5 Å². The first kappa shape index (κ1) is 75.1. The number of pyridine rings is 1. The number of nitrogens with one attached hydrogen (secondary N) is 8. The zero-order valence-corrected chi connectivity index (χ0v) is 54.7. The maximum Gasteiger partial charge on any atom is 0.315 e. The number of hydrogen-bond acceptors (Lipinski definition) is 20. The summed E-state index contributed by atoms with van der Waals surface area (Å²) in [5.41, 5.74) is 4.67. The van der Waals surface area contributed by atoms with Crippen LogP contribution in [-0.4, -0.2) is 219 Å². The molecule has 27 heteroatoms. The molecule has 2 aromatic heterocycles. The summed E-state index contributed by atoms with van der Waals surface area (Å²) in [6, 6.07) is 17.9. The fourth-order valence-corrected chi connectivity index (χ4v) is 11.2. The molecule has 26 nitrogen and oxygen atoms in total. The lowest BCUT2D eigenvalue weighted by molar-refractivity contribution is -0.122. The van der Waals surface area contributed by atoms with E-state index in [9.17, 15) is 28.8 Å². The minimum atomic E-state index is -0.321. The number of aromatic nitrogens is 3. The van der Waals surface area contributed by atoms with E-state index in [0.717, 1.165) is 86.0 Å². The van der Waals surface area contributed by atoms with Gasteiger partial charge in [-0.15, -0.1) is 0 Å². The highest BCUT2D eigenvalue weighted by molar-refractivity contribution is 8.00. The van der Waals surface area contributed by atoms with Crippen LogP contribution in [0.3, 0.4) is 0 Å². The Labute approximate surface area is 550 Å². The summed E-state index contributed by atoms with van der Waals surface area (Å²) in [5.74, 6) is 0.852. The Balaban J connectivity index is 0.593. The molecule has 93 heavy (non-hydrogen) atoms. The Morgan fingerprint density at radius 3 is 1.55 bits per heavy atom. The highest BCUT2D eigenvalue weighted by Crippen LogP contribution is 2.33. The van der Waals surface area contributed by atoms with Crippen molar-refractivity contribution in [3.63, 3.8) is 0 Å². The van der Waals surface area contributed by atoms with Crippen molar-refractivity contribution in [1.82, 2.24) is 46.9 Å². The molecule has 2 saturated heterocycles. The largest absolute Gasteiger partial charge is 0.377 e. The van der Waals surface area contributed by atoms with Crippen LogP contribution in [0.25, 0.3) is 11.3 Å². The van der Waals surface area contributed by atoms with Crippen molar-refractivity contribution in [1.29, 1.82) is 0 Å². The van der Waals surface area contributed by atoms with Crippen molar-refractivity contribution < 1.29 is 71.4 Å². The van der Waals surface area contributed by atoms with Gasteiger partial charge < -0.3 is 85.2 Å². The molecule has 2 aliphatic heterocycles. The quantitative estimate of drug-likeness (QED) is 0.0188. The van der Waals surface area contributed by atoms with Gasteiger partial charge in [-0.1, -0.05) is 25.3 Å². The van der Waals surface area contributed by atoms with Gasteiger partial charge in [0.25, 0.3) is 11.8 Å². The Morgan fingerprint density at radius 2 is 1.02 bits per heavy atom. The van der Waals surface area contributed by atoms with Crippen LogP contribution in [0.5, 0.6) is 0 Å². The standard InChI is InChI=1S/C66H97N11O15S/c1-50-16-21-54(47-56(50)75-65-72-26-22-55(74-65)53-11-10-23-67-48-53)73-64(82)52-19-17-51(18-20-52)63(81)71-28-30-85-32-34-87-36-38-89-40-42-91-44-46-92-45-43-90-41-39-88-37-35-86-33-31-84-29-27-70-61(80)14-5-3-9-24-68-59(78)13-4-2-8-25-69-60(79)15-7-6-12-58-62-57(49-93-58)76-66(83)77-62/h10-11,16-23,26,47-48,57-58,62H,2-9,12-15,24-25,27-46,49H2,1H3,(H,68,78)(H,69,79)(H,70,80)(H,71,81)(H,73,82)(H,72,74,75)(H2,76,77,83)/t57-,58-,62-/m1/s1. The molecular formula is C66H97N11O15S. The number of amides is 7. The summed E-state index contributed by atoms with van der Waals surface area (Å²) in [7, 11) is 0. The Hall–Kier alpha value is -6.92. The molecule has 6 rings (SSSR count). The van der Waals surface area contributed by atoms with Crippen LogP contribution in [0.2, 0.25) is 0 Å². The lowest BCUT2D eigenvalue weighted by Crippen LogP contribution is -2.36. The van der Waals surface area contributed by atoms with Gasteiger partial charge in [-0.05, 0) is 106 Å². The lowest BCUT2D eigenvalue weighted by atomic mass is 10.0. The summed E-state index contributed by atoms with van der Waals surface area (Å²) in [5, 5.41) is 24.2. The number of ether oxygens (including phenoxy) is 9. The van der Waals surface area contributed by atoms with Gasteiger partial charge >= 0.3 is 6.03 Å². The smallest absolute Gasteiger partial charge is 0.315 e. The molecule has 0 saturated carbocycles. The number of hydrogen-bond donors (Lipinski definition) is 8. The van der Waals surface area contributed by atoms with E-state index in [1.54, 1.807) is 42.9 Å². The van der Waals surface area contributed by atoms with E-state index >= 15 is 0 Å². The first-order valence-electron chi connectivity index (χ1n) is 32.6. The topological polar surface area (TPSA) is 320 Å². The first-order valence-corrected chi connectivity index (χ1v) is 33.7.